The zero-order valence-electron chi connectivity index (χ0n) is 12.8. The Morgan fingerprint density at radius 3 is 2.81 bits per heavy atom. The van der Waals surface area contributed by atoms with Crippen molar-refractivity contribution in [1.29, 1.82) is 0 Å². The molecule has 1 aliphatic heterocycles. The number of likely N-dealkylation sites (tertiary alicyclic amines) is 1. The van der Waals surface area contributed by atoms with Crippen LogP contribution in [0.25, 0.3) is 11.0 Å². The minimum Gasteiger partial charge on any atom is -0.491 e. The normalized spacial score (nSPS) is 17.4. The molecule has 1 aromatic carbocycles. The molecule has 5 heteroatoms. The zero-order chi connectivity index (χ0) is 14.8. The van der Waals surface area contributed by atoms with Crippen molar-refractivity contribution in [1.82, 2.24) is 14.5 Å². The first-order valence-electron chi connectivity index (χ1n) is 7.75. The van der Waals surface area contributed by atoms with Crippen LogP contribution < -0.4 is 4.74 Å². The Morgan fingerprint density at radius 2 is 2.10 bits per heavy atom. The second-order valence-electron chi connectivity index (χ2n) is 5.83. The second-order valence-corrected chi connectivity index (χ2v) is 6.22. The lowest BCUT2D eigenvalue weighted by atomic mass is 10.1. The summed E-state index contributed by atoms with van der Waals surface area (Å²) in [5.41, 5.74) is 2.21. The molecule has 2 heterocycles. The Kier molecular flexibility index (Phi) is 4.31. The molecule has 1 saturated heterocycles. The van der Waals surface area contributed by atoms with Gasteiger partial charge in [-0.2, -0.15) is 0 Å². The van der Waals surface area contributed by atoms with Crippen molar-refractivity contribution < 1.29 is 4.74 Å². The van der Waals surface area contributed by atoms with Gasteiger partial charge in [-0.25, -0.2) is 0 Å². The Bertz CT molecular complexity index is 668. The number of aromatic nitrogens is 2. The first-order valence-corrected chi connectivity index (χ1v) is 8.16. The summed E-state index contributed by atoms with van der Waals surface area (Å²) in [5.74, 6) is 0.909. The third-order valence-corrected chi connectivity index (χ3v) is 4.53. The van der Waals surface area contributed by atoms with Gasteiger partial charge in [-0.15, -0.1) is 0 Å². The van der Waals surface area contributed by atoms with Crippen molar-refractivity contribution in [2.24, 2.45) is 0 Å². The average molecular weight is 305 g/mol. The van der Waals surface area contributed by atoms with Gasteiger partial charge in [0.05, 0.1) is 12.1 Å². The molecule has 2 aromatic rings. The molecule has 0 unspecified atom stereocenters. The van der Waals surface area contributed by atoms with Crippen LogP contribution in [0.15, 0.2) is 18.2 Å². The number of nitrogens with one attached hydrogen (secondary N) is 1. The SMILES string of the molecule is CCCOc1cccc2c1[nH]c(=S)n2C1CCN(C)CC1. The van der Waals surface area contributed by atoms with Crippen molar-refractivity contribution >= 4 is 23.3 Å². The van der Waals surface area contributed by atoms with Gasteiger partial charge in [-0.05, 0) is 63.8 Å². The molecule has 1 aliphatic rings. The molecule has 1 N–H and O–H groups in total. The predicted molar refractivity (Wildman–Crippen MR) is 88.7 cm³/mol. The molecule has 1 aromatic heterocycles. The zero-order valence-corrected chi connectivity index (χ0v) is 13.6. The Labute approximate surface area is 130 Å². The van der Waals surface area contributed by atoms with Crippen molar-refractivity contribution in [3.63, 3.8) is 0 Å². The molecule has 0 bridgehead atoms. The van der Waals surface area contributed by atoms with Crippen LogP contribution in [-0.2, 0) is 0 Å². The number of benzene rings is 1. The Balaban J connectivity index is 1.99. The minimum absolute atomic E-state index is 0.490. The van der Waals surface area contributed by atoms with E-state index in [9.17, 15) is 0 Å². The molecule has 3 rings (SSSR count). The summed E-state index contributed by atoms with van der Waals surface area (Å²) in [4.78, 5) is 5.73. The maximum Gasteiger partial charge on any atom is 0.178 e. The molecule has 0 aliphatic carbocycles. The molecule has 0 atom stereocenters. The molecule has 0 amide bonds. The predicted octanol–water partition coefficient (Wildman–Crippen LogP) is 3.75. The quantitative estimate of drug-likeness (QED) is 0.873. The fourth-order valence-electron chi connectivity index (χ4n) is 3.07. The summed E-state index contributed by atoms with van der Waals surface area (Å²) in [7, 11) is 2.18. The van der Waals surface area contributed by atoms with Crippen LogP contribution in [0, 0.1) is 4.77 Å². The number of hydrogen-bond donors (Lipinski definition) is 1. The van der Waals surface area contributed by atoms with E-state index in [0.29, 0.717) is 6.04 Å². The molecule has 4 nitrogen and oxygen atoms in total. The van der Waals surface area contributed by atoms with Crippen LogP contribution in [0.1, 0.15) is 32.2 Å². The summed E-state index contributed by atoms with van der Waals surface area (Å²) in [5, 5.41) is 0. The van der Waals surface area contributed by atoms with E-state index >= 15 is 0 Å². The Morgan fingerprint density at radius 1 is 1.33 bits per heavy atom. The fraction of sp³-hybridized carbons (Fsp3) is 0.562. The average Bonchev–Trinajstić information content (AvgIpc) is 2.83. The van der Waals surface area contributed by atoms with E-state index in [1.165, 1.54) is 5.52 Å². The number of nitrogens with zero attached hydrogens (tertiary/aromatic N) is 2. The molecule has 1 fully saturated rings. The van der Waals surface area contributed by atoms with E-state index in [1.54, 1.807) is 0 Å². The van der Waals surface area contributed by atoms with Gasteiger partial charge in [0, 0.05) is 6.04 Å². The van der Waals surface area contributed by atoms with Crippen molar-refractivity contribution in [3.8, 4) is 5.75 Å². The number of para-hydroxylation sites is 1. The van der Waals surface area contributed by atoms with Gasteiger partial charge in [0.25, 0.3) is 0 Å². The summed E-state index contributed by atoms with van der Waals surface area (Å²) in [6.45, 7) is 5.11. The van der Waals surface area contributed by atoms with Gasteiger partial charge < -0.3 is 19.2 Å². The van der Waals surface area contributed by atoms with Crippen molar-refractivity contribution in [2.75, 3.05) is 26.7 Å². The third kappa shape index (κ3) is 2.85. The number of H-pyrrole nitrogens is 1. The van der Waals surface area contributed by atoms with Crippen LogP contribution >= 0.6 is 12.2 Å². The van der Waals surface area contributed by atoms with E-state index in [0.717, 1.165) is 55.0 Å². The highest BCUT2D eigenvalue weighted by Crippen LogP contribution is 2.31. The summed E-state index contributed by atoms with van der Waals surface area (Å²) in [6.07, 6.45) is 3.31. The highest BCUT2D eigenvalue weighted by atomic mass is 32.1. The van der Waals surface area contributed by atoms with Crippen molar-refractivity contribution in [2.45, 2.75) is 32.2 Å². The summed E-state index contributed by atoms with van der Waals surface area (Å²) >= 11 is 5.57. The summed E-state index contributed by atoms with van der Waals surface area (Å²) in [6, 6.07) is 6.70. The molecule has 0 saturated carbocycles. The lowest BCUT2D eigenvalue weighted by molar-refractivity contribution is 0.223. The van der Waals surface area contributed by atoms with E-state index in [1.807, 2.05) is 6.07 Å². The number of aromatic amines is 1. The highest BCUT2D eigenvalue weighted by Gasteiger charge is 2.21. The van der Waals surface area contributed by atoms with Gasteiger partial charge in [0.15, 0.2) is 4.77 Å². The van der Waals surface area contributed by atoms with Crippen LogP contribution in [0.4, 0.5) is 0 Å². The van der Waals surface area contributed by atoms with Gasteiger partial charge in [0.1, 0.15) is 11.3 Å². The topological polar surface area (TPSA) is 33.2 Å². The molecular weight excluding hydrogens is 282 g/mol. The first-order chi connectivity index (χ1) is 10.2. The van der Waals surface area contributed by atoms with Gasteiger partial charge in [-0.1, -0.05) is 13.0 Å². The smallest absolute Gasteiger partial charge is 0.178 e. The van der Waals surface area contributed by atoms with Crippen LogP contribution in [-0.4, -0.2) is 41.2 Å². The van der Waals surface area contributed by atoms with E-state index in [4.69, 9.17) is 17.0 Å². The molecule has 114 valence electrons. The number of hydrogen-bond acceptors (Lipinski definition) is 3. The number of fused-ring (bicyclic) bond motifs is 1. The molecule has 21 heavy (non-hydrogen) atoms. The molecular formula is C16H23N3OS. The van der Waals surface area contributed by atoms with Gasteiger partial charge >= 0.3 is 0 Å². The number of imidazole rings is 1. The lowest BCUT2D eigenvalue weighted by Gasteiger charge is -2.30. The highest BCUT2D eigenvalue weighted by molar-refractivity contribution is 7.71. The standard InChI is InChI=1S/C16H23N3OS/c1-3-11-20-14-6-4-5-13-15(14)17-16(21)19(13)12-7-9-18(2)10-8-12/h4-6,12H,3,7-11H2,1-2H3,(H,17,21). The largest absolute Gasteiger partial charge is 0.491 e. The Hall–Kier alpha value is -1.33. The number of rotatable bonds is 4. The monoisotopic (exact) mass is 305 g/mol. The van der Waals surface area contributed by atoms with Gasteiger partial charge in [0.2, 0.25) is 0 Å². The van der Waals surface area contributed by atoms with Crippen molar-refractivity contribution in [3.05, 3.63) is 23.0 Å². The van der Waals surface area contributed by atoms with E-state index < -0.39 is 0 Å². The van der Waals surface area contributed by atoms with Crippen LogP contribution in [0.5, 0.6) is 5.75 Å². The maximum absolute atomic E-state index is 5.84. The molecule has 0 spiro atoms. The number of piperidine rings is 1. The van der Waals surface area contributed by atoms with Crippen LogP contribution in [0.2, 0.25) is 0 Å². The lowest BCUT2D eigenvalue weighted by Crippen LogP contribution is -2.31. The second kappa shape index (κ2) is 6.20. The number of ether oxygens (including phenoxy) is 1. The maximum atomic E-state index is 5.84. The van der Waals surface area contributed by atoms with E-state index in [-0.39, 0.29) is 0 Å². The minimum atomic E-state index is 0.490. The van der Waals surface area contributed by atoms with Gasteiger partial charge in [-0.3, -0.25) is 0 Å². The summed E-state index contributed by atoms with van der Waals surface area (Å²) < 4.78 is 8.94. The van der Waals surface area contributed by atoms with E-state index in [2.05, 4.69) is 40.6 Å². The first kappa shape index (κ1) is 14.6. The molecule has 0 radical (unpaired) electrons. The fourth-order valence-corrected chi connectivity index (χ4v) is 3.42. The third-order valence-electron chi connectivity index (χ3n) is 4.23. The van der Waals surface area contributed by atoms with Crippen LogP contribution in [0.3, 0.4) is 0 Å².